The van der Waals surface area contributed by atoms with Crippen LogP contribution in [0.3, 0.4) is 0 Å². The molecular weight excluding hydrogens is 347 g/mol. The number of rotatable bonds is 2. The van der Waals surface area contributed by atoms with Gasteiger partial charge in [0.1, 0.15) is 5.82 Å². The first-order valence-electron chi connectivity index (χ1n) is 9.47. The Kier molecular flexibility index (Phi) is 4.74. The van der Waals surface area contributed by atoms with Crippen LogP contribution in [0.2, 0.25) is 0 Å². The molecule has 1 atom stereocenters. The third-order valence-corrected chi connectivity index (χ3v) is 6.05. The number of piperazine rings is 1. The molecular formula is C20H25FN4O2. The van der Waals surface area contributed by atoms with Crippen molar-refractivity contribution < 1.29 is 9.18 Å². The van der Waals surface area contributed by atoms with E-state index in [-0.39, 0.29) is 16.9 Å². The molecule has 2 aromatic rings. The Morgan fingerprint density at radius 1 is 1.19 bits per heavy atom. The summed E-state index contributed by atoms with van der Waals surface area (Å²) in [4.78, 5) is 32.1. The van der Waals surface area contributed by atoms with Crippen molar-refractivity contribution in [3.8, 4) is 0 Å². The standard InChI is InChI=1S/C20H25FN4O2/c1-24-8-9-25(13-20(24)5-4-19(27)22-7-6-20)12-15-11-18(26)16-10-14(21)2-3-17(16)23-15/h2-3,10-11H,4-9,12-13H2,1H3,(H,22,27)(H,23,26)/t20-/m0/s1. The predicted octanol–water partition coefficient (Wildman–Crippen LogP) is 1.45. The van der Waals surface area contributed by atoms with Gasteiger partial charge in [-0.25, -0.2) is 4.39 Å². The van der Waals surface area contributed by atoms with Crippen LogP contribution in [0.15, 0.2) is 29.1 Å². The van der Waals surface area contributed by atoms with Gasteiger partial charge in [0.15, 0.2) is 5.43 Å². The number of amides is 1. The summed E-state index contributed by atoms with van der Waals surface area (Å²) in [6, 6.07) is 5.83. The number of carbonyl (C=O) groups excluding carboxylic acids is 1. The Morgan fingerprint density at radius 2 is 2.04 bits per heavy atom. The molecule has 1 aromatic carbocycles. The predicted molar refractivity (Wildman–Crippen MR) is 102 cm³/mol. The Bertz CT molecular complexity index is 928. The van der Waals surface area contributed by atoms with Crippen LogP contribution in [-0.4, -0.2) is 59.5 Å². The molecule has 144 valence electrons. The molecule has 1 amide bonds. The van der Waals surface area contributed by atoms with Crippen molar-refractivity contribution in [2.24, 2.45) is 0 Å². The number of pyridine rings is 1. The van der Waals surface area contributed by atoms with Gasteiger partial charge in [0.2, 0.25) is 5.91 Å². The van der Waals surface area contributed by atoms with Gasteiger partial charge in [0.25, 0.3) is 0 Å². The lowest BCUT2D eigenvalue weighted by atomic mass is 9.86. The molecule has 1 aromatic heterocycles. The average Bonchev–Trinajstić information content (AvgIpc) is 2.81. The molecule has 7 heteroatoms. The molecule has 3 heterocycles. The monoisotopic (exact) mass is 372 g/mol. The lowest BCUT2D eigenvalue weighted by Crippen LogP contribution is -2.60. The second-order valence-electron chi connectivity index (χ2n) is 7.81. The maximum absolute atomic E-state index is 13.4. The minimum atomic E-state index is -0.404. The molecule has 2 aliphatic heterocycles. The largest absolute Gasteiger partial charge is 0.357 e. The number of H-pyrrole nitrogens is 1. The number of nitrogens with zero attached hydrogens (tertiary/aromatic N) is 2. The van der Waals surface area contributed by atoms with Gasteiger partial charge in [-0.2, -0.15) is 0 Å². The summed E-state index contributed by atoms with van der Waals surface area (Å²) in [5.41, 5.74) is 1.32. The summed E-state index contributed by atoms with van der Waals surface area (Å²) >= 11 is 0. The van der Waals surface area contributed by atoms with Gasteiger partial charge < -0.3 is 10.3 Å². The third kappa shape index (κ3) is 3.61. The van der Waals surface area contributed by atoms with Crippen molar-refractivity contribution in [3.05, 3.63) is 46.0 Å². The molecule has 6 nitrogen and oxygen atoms in total. The van der Waals surface area contributed by atoms with E-state index >= 15 is 0 Å². The molecule has 27 heavy (non-hydrogen) atoms. The van der Waals surface area contributed by atoms with E-state index in [1.54, 1.807) is 12.1 Å². The van der Waals surface area contributed by atoms with Crippen molar-refractivity contribution >= 4 is 16.8 Å². The Morgan fingerprint density at radius 3 is 2.89 bits per heavy atom. The first-order chi connectivity index (χ1) is 12.9. The fraction of sp³-hybridized carbons (Fsp3) is 0.500. The highest BCUT2D eigenvalue weighted by molar-refractivity contribution is 5.78. The van der Waals surface area contributed by atoms with E-state index in [9.17, 15) is 14.0 Å². The molecule has 0 aliphatic carbocycles. The van der Waals surface area contributed by atoms with E-state index in [2.05, 4.69) is 27.1 Å². The Hall–Kier alpha value is -2.25. The number of aromatic nitrogens is 1. The number of aromatic amines is 1. The summed E-state index contributed by atoms with van der Waals surface area (Å²) in [6.45, 7) is 4.04. The highest BCUT2D eigenvalue weighted by atomic mass is 19.1. The zero-order valence-corrected chi connectivity index (χ0v) is 15.6. The molecule has 4 rings (SSSR count). The molecule has 0 unspecified atom stereocenters. The SMILES string of the molecule is CN1CCN(Cc2cc(=O)c3cc(F)ccc3[nH]2)C[C@]12CCNC(=O)CC2. The lowest BCUT2D eigenvalue weighted by Gasteiger charge is -2.49. The Labute approximate surface area is 157 Å². The molecule has 2 saturated heterocycles. The van der Waals surface area contributed by atoms with Crippen LogP contribution < -0.4 is 10.7 Å². The van der Waals surface area contributed by atoms with Crippen LogP contribution in [-0.2, 0) is 11.3 Å². The Balaban J connectivity index is 1.56. The van der Waals surface area contributed by atoms with Gasteiger partial charge in [0, 0.05) is 67.3 Å². The number of likely N-dealkylation sites (N-methyl/N-ethyl adjacent to an activating group) is 1. The topological polar surface area (TPSA) is 68.4 Å². The molecule has 1 spiro atoms. The van der Waals surface area contributed by atoms with Crippen LogP contribution in [0.25, 0.3) is 10.9 Å². The van der Waals surface area contributed by atoms with Crippen molar-refractivity contribution in [2.45, 2.75) is 31.3 Å². The van der Waals surface area contributed by atoms with Gasteiger partial charge in [-0.1, -0.05) is 0 Å². The van der Waals surface area contributed by atoms with Crippen LogP contribution in [0.1, 0.15) is 25.0 Å². The van der Waals surface area contributed by atoms with Gasteiger partial charge in [-0.05, 0) is 38.1 Å². The number of carbonyl (C=O) groups is 1. The van der Waals surface area contributed by atoms with E-state index in [0.29, 0.717) is 30.4 Å². The van der Waals surface area contributed by atoms with Crippen molar-refractivity contribution in [2.75, 3.05) is 33.2 Å². The summed E-state index contributed by atoms with van der Waals surface area (Å²) < 4.78 is 13.4. The van der Waals surface area contributed by atoms with Gasteiger partial charge in [-0.3, -0.25) is 19.4 Å². The first-order valence-corrected chi connectivity index (χ1v) is 9.47. The average molecular weight is 372 g/mol. The summed E-state index contributed by atoms with van der Waals surface area (Å²) in [5.74, 6) is -0.276. The van der Waals surface area contributed by atoms with Crippen LogP contribution >= 0.6 is 0 Å². The minimum absolute atomic E-state index is 0.0162. The van der Waals surface area contributed by atoms with Crippen LogP contribution in [0, 0.1) is 5.82 Å². The zero-order valence-electron chi connectivity index (χ0n) is 15.6. The quantitative estimate of drug-likeness (QED) is 0.837. The number of hydrogen-bond donors (Lipinski definition) is 2. The second-order valence-corrected chi connectivity index (χ2v) is 7.81. The van der Waals surface area contributed by atoms with E-state index in [1.807, 2.05) is 0 Å². The molecule has 0 radical (unpaired) electrons. The lowest BCUT2D eigenvalue weighted by molar-refractivity contribution is -0.121. The van der Waals surface area contributed by atoms with Crippen LogP contribution in [0.5, 0.6) is 0 Å². The van der Waals surface area contributed by atoms with Crippen molar-refractivity contribution in [3.63, 3.8) is 0 Å². The summed E-state index contributed by atoms with van der Waals surface area (Å²) in [6.07, 6.45) is 2.33. The highest BCUT2D eigenvalue weighted by Gasteiger charge is 2.40. The number of nitrogens with one attached hydrogen (secondary N) is 2. The molecule has 2 fully saturated rings. The van der Waals surface area contributed by atoms with E-state index in [0.717, 1.165) is 38.2 Å². The second kappa shape index (κ2) is 7.05. The van der Waals surface area contributed by atoms with Crippen LogP contribution in [0.4, 0.5) is 4.39 Å². The third-order valence-electron chi connectivity index (χ3n) is 6.05. The smallest absolute Gasteiger partial charge is 0.220 e. The molecule has 2 aliphatic rings. The number of benzene rings is 1. The maximum atomic E-state index is 13.4. The fourth-order valence-electron chi connectivity index (χ4n) is 4.41. The van der Waals surface area contributed by atoms with Gasteiger partial charge in [-0.15, -0.1) is 0 Å². The first kappa shape index (κ1) is 18.1. The number of fused-ring (bicyclic) bond motifs is 1. The van der Waals surface area contributed by atoms with E-state index in [4.69, 9.17) is 0 Å². The van der Waals surface area contributed by atoms with E-state index < -0.39 is 5.82 Å². The normalized spacial score (nSPS) is 24.9. The van der Waals surface area contributed by atoms with Crippen molar-refractivity contribution in [1.82, 2.24) is 20.1 Å². The van der Waals surface area contributed by atoms with E-state index in [1.165, 1.54) is 12.1 Å². The summed E-state index contributed by atoms with van der Waals surface area (Å²) in [7, 11) is 2.14. The maximum Gasteiger partial charge on any atom is 0.220 e. The van der Waals surface area contributed by atoms with Gasteiger partial charge in [0.05, 0.1) is 0 Å². The molecule has 2 N–H and O–H groups in total. The molecule has 0 saturated carbocycles. The summed E-state index contributed by atoms with van der Waals surface area (Å²) in [5, 5.41) is 3.35. The van der Waals surface area contributed by atoms with Gasteiger partial charge >= 0.3 is 0 Å². The highest BCUT2D eigenvalue weighted by Crippen LogP contribution is 2.30. The van der Waals surface area contributed by atoms with Crippen molar-refractivity contribution in [1.29, 1.82) is 0 Å². The zero-order chi connectivity index (χ0) is 19.0. The number of hydrogen-bond acceptors (Lipinski definition) is 4. The fourth-order valence-corrected chi connectivity index (χ4v) is 4.41. The number of halogens is 1. The molecule has 0 bridgehead atoms. The minimum Gasteiger partial charge on any atom is -0.357 e.